The molecule has 2 rings (SSSR count). The molecule has 0 radical (unpaired) electrons. The Bertz CT molecular complexity index is 424. The summed E-state index contributed by atoms with van der Waals surface area (Å²) in [6.45, 7) is 5.70. The predicted octanol–water partition coefficient (Wildman–Crippen LogP) is 2.78. The minimum Gasteiger partial charge on any atom is -0.507 e. The molecule has 0 spiro atoms. The molecule has 4 heteroatoms. The highest BCUT2D eigenvalue weighted by molar-refractivity contribution is 5.62. The zero-order valence-corrected chi connectivity index (χ0v) is 9.06. The van der Waals surface area contributed by atoms with Gasteiger partial charge in [-0.15, -0.1) is 0 Å². The van der Waals surface area contributed by atoms with E-state index in [1.54, 1.807) is 31.2 Å². The number of aromatic nitrogens is 2. The molecule has 1 aromatic carbocycles. The van der Waals surface area contributed by atoms with Gasteiger partial charge in [-0.2, -0.15) is 4.98 Å². The van der Waals surface area contributed by atoms with Gasteiger partial charge in [0.25, 0.3) is 0 Å². The summed E-state index contributed by atoms with van der Waals surface area (Å²) >= 11 is 0. The molecular weight excluding hydrogens is 192 g/mol. The number of benzene rings is 1. The van der Waals surface area contributed by atoms with Gasteiger partial charge in [0.05, 0.1) is 5.56 Å². The lowest BCUT2D eigenvalue weighted by Crippen LogP contribution is -1.80. The molecule has 0 aliphatic rings. The van der Waals surface area contributed by atoms with Gasteiger partial charge in [0.2, 0.25) is 11.7 Å². The molecule has 0 fully saturated rings. The monoisotopic (exact) mass is 206 g/mol. The molecule has 1 N–H and O–H groups in total. The van der Waals surface area contributed by atoms with Crippen LogP contribution in [0.2, 0.25) is 0 Å². The van der Waals surface area contributed by atoms with E-state index < -0.39 is 0 Å². The van der Waals surface area contributed by atoms with Crippen LogP contribution in [0.4, 0.5) is 0 Å². The Morgan fingerprint density at radius 1 is 1.20 bits per heavy atom. The lowest BCUT2D eigenvalue weighted by atomic mass is 10.2. The lowest BCUT2D eigenvalue weighted by Gasteiger charge is -1.96. The predicted molar refractivity (Wildman–Crippen MR) is 57.5 cm³/mol. The normalized spacial score (nSPS) is 9.27. The van der Waals surface area contributed by atoms with Crippen molar-refractivity contribution in [1.29, 1.82) is 0 Å². The fourth-order valence-electron chi connectivity index (χ4n) is 1.07. The van der Waals surface area contributed by atoms with E-state index in [4.69, 9.17) is 4.52 Å². The van der Waals surface area contributed by atoms with Crippen LogP contribution >= 0.6 is 0 Å². The second-order valence-corrected chi connectivity index (χ2v) is 2.65. The van der Waals surface area contributed by atoms with Crippen molar-refractivity contribution in [2.45, 2.75) is 20.8 Å². The maximum atomic E-state index is 9.45. The number of aryl methyl sites for hydroxylation is 1. The van der Waals surface area contributed by atoms with Gasteiger partial charge in [-0.1, -0.05) is 31.1 Å². The van der Waals surface area contributed by atoms with Crippen LogP contribution in [-0.4, -0.2) is 15.2 Å². The largest absolute Gasteiger partial charge is 0.507 e. The number of phenolic OH excluding ortho intramolecular Hbond substituents is 1. The highest BCUT2D eigenvalue weighted by Gasteiger charge is 2.08. The summed E-state index contributed by atoms with van der Waals surface area (Å²) in [6, 6.07) is 6.87. The number of hydrogen-bond donors (Lipinski definition) is 1. The van der Waals surface area contributed by atoms with Crippen molar-refractivity contribution in [3.05, 3.63) is 30.2 Å². The fourth-order valence-corrected chi connectivity index (χ4v) is 1.07. The maximum absolute atomic E-state index is 9.45. The van der Waals surface area contributed by atoms with Crippen molar-refractivity contribution in [1.82, 2.24) is 10.1 Å². The topological polar surface area (TPSA) is 59.2 Å². The van der Waals surface area contributed by atoms with E-state index in [0.717, 1.165) is 0 Å². The van der Waals surface area contributed by atoms with Crippen molar-refractivity contribution in [2.75, 3.05) is 0 Å². The second kappa shape index (κ2) is 5.14. The molecule has 0 unspecified atom stereocenters. The van der Waals surface area contributed by atoms with Crippen LogP contribution in [-0.2, 0) is 0 Å². The minimum absolute atomic E-state index is 0.156. The Labute approximate surface area is 88.6 Å². The fraction of sp³-hybridized carbons (Fsp3) is 0.273. The van der Waals surface area contributed by atoms with Crippen LogP contribution < -0.4 is 0 Å². The molecule has 2 aromatic rings. The highest BCUT2D eigenvalue weighted by atomic mass is 16.5. The third-order valence-corrected chi connectivity index (χ3v) is 1.67. The number of nitrogens with zero attached hydrogens (tertiary/aromatic N) is 2. The summed E-state index contributed by atoms with van der Waals surface area (Å²) in [5.74, 6) is 1.05. The van der Waals surface area contributed by atoms with Crippen LogP contribution in [0.15, 0.2) is 28.8 Å². The number of phenols is 1. The summed E-state index contributed by atoms with van der Waals surface area (Å²) in [5.41, 5.74) is 0.583. The highest BCUT2D eigenvalue weighted by Crippen LogP contribution is 2.25. The van der Waals surface area contributed by atoms with Crippen LogP contribution in [0.1, 0.15) is 19.7 Å². The molecule has 0 saturated carbocycles. The third-order valence-electron chi connectivity index (χ3n) is 1.67. The molecule has 0 saturated heterocycles. The first-order valence-corrected chi connectivity index (χ1v) is 4.86. The second-order valence-electron chi connectivity index (χ2n) is 2.65. The smallest absolute Gasteiger partial charge is 0.223 e. The van der Waals surface area contributed by atoms with E-state index in [-0.39, 0.29) is 5.75 Å². The van der Waals surface area contributed by atoms with Crippen LogP contribution in [0.25, 0.3) is 11.4 Å². The molecular formula is C11H14N2O2. The van der Waals surface area contributed by atoms with Crippen LogP contribution in [0.5, 0.6) is 5.75 Å². The third kappa shape index (κ3) is 2.56. The van der Waals surface area contributed by atoms with E-state index in [2.05, 4.69) is 10.1 Å². The van der Waals surface area contributed by atoms with Crippen molar-refractivity contribution in [3.8, 4) is 17.1 Å². The Hall–Kier alpha value is -1.84. The quantitative estimate of drug-likeness (QED) is 0.779. The Balaban J connectivity index is 0.000000531. The zero-order valence-electron chi connectivity index (χ0n) is 9.06. The Morgan fingerprint density at radius 2 is 1.87 bits per heavy atom. The molecule has 0 amide bonds. The summed E-state index contributed by atoms with van der Waals surface area (Å²) in [6.07, 6.45) is 0. The standard InChI is InChI=1S/C9H8N2O2.C2H6/c1-6-10-9(11-13-6)7-4-2-3-5-8(7)12;1-2/h2-5,12H,1H3;1-2H3. The van der Waals surface area contributed by atoms with Crippen molar-refractivity contribution in [3.63, 3.8) is 0 Å². The average molecular weight is 206 g/mol. The van der Waals surface area contributed by atoms with Gasteiger partial charge in [-0.3, -0.25) is 0 Å². The molecule has 80 valence electrons. The lowest BCUT2D eigenvalue weighted by molar-refractivity contribution is 0.394. The first kappa shape index (κ1) is 11.2. The molecule has 0 atom stereocenters. The number of rotatable bonds is 1. The summed E-state index contributed by atoms with van der Waals surface area (Å²) in [5, 5.41) is 13.2. The van der Waals surface area contributed by atoms with E-state index in [1.165, 1.54) is 0 Å². The molecule has 15 heavy (non-hydrogen) atoms. The number of aromatic hydroxyl groups is 1. The van der Waals surface area contributed by atoms with Gasteiger partial charge in [0, 0.05) is 6.92 Å². The van der Waals surface area contributed by atoms with Crippen LogP contribution in [0.3, 0.4) is 0 Å². The Kier molecular flexibility index (Phi) is 3.85. The van der Waals surface area contributed by atoms with Gasteiger partial charge < -0.3 is 9.63 Å². The van der Waals surface area contributed by atoms with E-state index in [1.807, 2.05) is 13.8 Å². The molecule has 0 bridgehead atoms. The van der Waals surface area contributed by atoms with Crippen molar-refractivity contribution in [2.24, 2.45) is 0 Å². The molecule has 1 heterocycles. The minimum atomic E-state index is 0.156. The summed E-state index contributed by atoms with van der Waals surface area (Å²) < 4.78 is 4.80. The van der Waals surface area contributed by atoms with Gasteiger partial charge in [0.15, 0.2) is 0 Å². The van der Waals surface area contributed by atoms with Gasteiger partial charge in [-0.05, 0) is 12.1 Å². The van der Waals surface area contributed by atoms with Gasteiger partial charge in [0.1, 0.15) is 5.75 Å². The first-order valence-electron chi connectivity index (χ1n) is 4.86. The van der Waals surface area contributed by atoms with E-state index in [9.17, 15) is 5.11 Å². The number of hydrogen-bond acceptors (Lipinski definition) is 4. The number of para-hydroxylation sites is 1. The molecule has 0 aliphatic carbocycles. The molecule has 1 aromatic heterocycles. The van der Waals surface area contributed by atoms with Gasteiger partial charge >= 0.3 is 0 Å². The average Bonchev–Trinajstić information content (AvgIpc) is 2.68. The van der Waals surface area contributed by atoms with E-state index >= 15 is 0 Å². The molecule has 0 aliphatic heterocycles. The first-order chi connectivity index (χ1) is 7.27. The van der Waals surface area contributed by atoms with Crippen molar-refractivity contribution < 1.29 is 9.63 Å². The van der Waals surface area contributed by atoms with Crippen molar-refractivity contribution >= 4 is 0 Å². The van der Waals surface area contributed by atoms with E-state index in [0.29, 0.717) is 17.3 Å². The zero-order chi connectivity index (χ0) is 11.3. The van der Waals surface area contributed by atoms with Gasteiger partial charge in [-0.25, -0.2) is 0 Å². The summed E-state index contributed by atoms with van der Waals surface area (Å²) in [7, 11) is 0. The maximum Gasteiger partial charge on any atom is 0.223 e. The summed E-state index contributed by atoms with van der Waals surface area (Å²) in [4.78, 5) is 4.00. The SMILES string of the molecule is CC.Cc1nc(-c2ccccc2O)no1. The van der Waals surface area contributed by atoms with Crippen LogP contribution in [0, 0.1) is 6.92 Å². The Morgan fingerprint density at radius 3 is 2.40 bits per heavy atom. The molecule has 4 nitrogen and oxygen atoms in total.